The highest BCUT2D eigenvalue weighted by Crippen LogP contribution is 2.29. The van der Waals surface area contributed by atoms with Gasteiger partial charge in [0.05, 0.1) is 4.90 Å². The van der Waals surface area contributed by atoms with Gasteiger partial charge >= 0.3 is 0 Å². The van der Waals surface area contributed by atoms with E-state index >= 15 is 0 Å². The maximum absolute atomic E-state index is 13.3. The summed E-state index contributed by atoms with van der Waals surface area (Å²) in [5.74, 6) is -0.0891. The second-order valence-corrected chi connectivity index (χ2v) is 11.3. The molecule has 0 aliphatic carbocycles. The number of carbonyl (C=O) groups excluding carboxylic acids is 2. The van der Waals surface area contributed by atoms with E-state index in [0.29, 0.717) is 43.8 Å². The lowest BCUT2D eigenvalue weighted by Gasteiger charge is -2.31. The number of sulfonamides is 1. The average Bonchev–Trinajstić information content (AvgIpc) is 3.23. The number of carbonyl (C=O) groups is 2. The lowest BCUT2D eigenvalue weighted by molar-refractivity contribution is -0.126. The van der Waals surface area contributed by atoms with Crippen LogP contribution >= 0.6 is 0 Å². The monoisotopic (exact) mass is 483 g/mol. The summed E-state index contributed by atoms with van der Waals surface area (Å²) < 4.78 is 28.1. The normalized spacial score (nSPS) is 17.9. The number of aryl methyl sites for hydroxylation is 3. The number of hydrogen-bond acceptors (Lipinski definition) is 4. The highest BCUT2D eigenvalue weighted by atomic mass is 32.2. The number of piperidine rings is 1. The zero-order valence-corrected chi connectivity index (χ0v) is 21.0. The maximum atomic E-state index is 13.3. The zero-order chi connectivity index (χ0) is 24.5. The van der Waals surface area contributed by atoms with Crippen molar-refractivity contribution in [2.75, 3.05) is 24.5 Å². The Labute approximate surface area is 202 Å². The van der Waals surface area contributed by atoms with Gasteiger partial charge in [-0.05, 0) is 68.9 Å². The third kappa shape index (κ3) is 5.03. The van der Waals surface area contributed by atoms with Gasteiger partial charge in [-0.25, -0.2) is 8.42 Å². The quantitative estimate of drug-likeness (QED) is 0.682. The molecule has 4 rings (SSSR count). The Morgan fingerprint density at radius 2 is 1.62 bits per heavy atom. The van der Waals surface area contributed by atoms with Gasteiger partial charge in [-0.2, -0.15) is 4.31 Å². The predicted molar refractivity (Wildman–Crippen MR) is 132 cm³/mol. The topological polar surface area (TPSA) is 86.8 Å². The molecule has 0 saturated carbocycles. The second-order valence-electron chi connectivity index (χ2n) is 9.44. The van der Waals surface area contributed by atoms with E-state index in [-0.39, 0.29) is 17.7 Å². The fraction of sp³-hybridized carbons (Fsp3) is 0.462. The lowest BCUT2D eigenvalue weighted by Crippen LogP contribution is -2.43. The smallest absolute Gasteiger partial charge is 0.243 e. The van der Waals surface area contributed by atoms with Crippen molar-refractivity contribution in [3.8, 4) is 0 Å². The molecule has 0 aromatic heterocycles. The Hall–Kier alpha value is -2.71. The van der Waals surface area contributed by atoms with Crippen LogP contribution in [0.5, 0.6) is 0 Å². The van der Waals surface area contributed by atoms with Gasteiger partial charge in [0.1, 0.15) is 0 Å². The van der Waals surface area contributed by atoms with Crippen molar-refractivity contribution in [2.24, 2.45) is 5.92 Å². The summed E-state index contributed by atoms with van der Waals surface area (Å²) in [6.45, 7) is 7.48. The van der Waals surface area contributed by atoms with Gasteiger partial charge < -0.3 is 10.2 Å². The van der Waals surface area contributed by atoms with Crippen molar-refractivity contribution in [3.05, 3.63) is 58.7 Å². The van der Waals surface area contributed by atoms with Gasteiger partial charge in [-0.15, -0.1) is 0 Å². The number of benzene rings is 2. The number of nitrogens with one attached hydrogen (secondary N) is 1. The van der Waals surface area contributed by atoms with Crippen LogP contribution in [0.1, 0.15) is 47.9 Å². The summed E-state index contributed by atoms with van der Waals surface area (Å²) in [5, 5.41) is 2.99. The summed E-state index contributed by atoms with van der Waals surface area (Å²) in [5.41, 5.74) is 4.43. The molecule has 2 heterocycles. The van der Waals surface area contributed by atoms with Crippen LogP contribution in [0, 0.1) is 26.7 Å². The van der Waals surface area contributed by atoms with E-state index < -0.39 is 10.0 Å². The second kappa shape index (κ2) is 9.88. The molecule has 8 heteroatoms. The fourth-order valence-corrected chi connectivity index (χ4v) is 6.99. The molecule has 182 valence electrons. The van der Waals surface area contributed by atoms with Gasteiger partial charge in [0.2, 0.25) is 21.8 Å². The number of anilines is 1. The molecule has 0 unspecified atom stereocenters. The summed E-state index contributed by atoms with van der Waals surface area (Å²) in [6, 6.07) is 11.5. The summed E-state index contributed by atoms with van der Waals surface area (Å²) >= 11 is 0. The first-order chi connectivity index (χ1) is 16.2. The van der Waals surface area contributed by atoms with Crippen molar-refractivity contribution in [1.29, 1.82) is 0 Å². The Morgan fingerprint density at radius 3 is 2.18 bits per heavy atom. The average molecular weight is 484 g/mol. The third-order valence-electron chi connectivity index (χ3n) is 6.82. The van der Waals surface area contributed by atoms with Crippen molar-refractivity contribution in [3.63, 3.8) is 0 Å². The molecule has 0 spiro atoms. The minimum atomic E-state index is -3.59. The molecular formula is C26H33N3O4S. The Morgan fingerprint density at radius 1 is 1.00 bits per heavy atom. The molecule has 2 fully saturated rings. The van der Waals surface area contributed by atoms with Gasteiger partial charge in [0, 0.05) is 44.2 Å². The Bertz CT molecular complexity index is 1160. The van der Waals surface area contributed by atoms with Crippen molar-refractivity contribution in [1.82, 2.24) is 9.62 Å². The SMILES string of the molecule is Cc1cc(C)c(S(=O)(=O)N2CCC(C(=O)NCc3ccc(N4CCCC4=O)cc3)CC2)c(C)c1. The molecule has 2 saturated heterocycles. The summed E-state index contributed by atoms with van der Waals surface area (Å²) in [6.07, 6.45) is 2.50. The molecule has 2 aliphatic heterocycles. The Balaban J connectivity index is 1.31. The van der Waals surface area contributed by atoms with E-state index in [1.807, 2.05) is 57.2 Å². The first-order valence-electron chi connectivity index (χ1n) is 11.9. The minimum absolute atomic E-state index is 0.0430. The van der Waals surface area contributed by atoms with E-state index in [1.54, 1.807) is 4.90 Å². The zero-order valence-electron chi connectivity index (χ0n) is 20.1. The van der Waals surface area contributed by atoms with Crippen LogP contribution in [0.2, 0.25) is 0 Å². The Kier molecular flexibility index (Phi) is 7.09. The first kappa shape index (κ1) is 24.4. The number of hydrogen-bond donors (Lipinski definition) is 1. The van der Waals surface area contributed by atoms with E-state index in [2.05, 4.69) is 5.32 Å². The number of nitrogens with zero attached hydrogens (tertiary/aromatic N) is 2. The van der Waals surface area contributed by atoms with Gasteiger partial charge in [-0.3, -0.25) is 9.59 Å². The molecule has 0 radical (unpaired) electrons. The molecule has 2 aromatic carbocycles. The number of rotatable bonds is 6. The van der Waals surface area contributed by atoms with Crippen LogP contribution in [-0.4, -0.2) is 44.2 Å². The van der Waals surface area contributed by atoms with Gasteiger partial charge in [0.15, 0.2) is 0 Å². The van der Waals surface area contributed by atoms with Crippen LogP contribution in [-0.2, 0) is 26.2 Å². The third-order valence-corrected chi connectivity index (χ3v) is 9.02. The van der Waals surface area contributed by atoms with Gasteiger partial charge in [0.25, 0.3) is 0 Å². The highest BCUT2D eigenvalue weighted by molar-refractivity contribution is 7.89. The molecule has 2 aliphatic rings. The molecule has 7 nitrogen and oxygen atoms in total. The first-order valence-corrected chi connectivity index (χ1v) is 13.4. The molecule has 2 aromatic rings. The minimum Gasteiger partial charge on any atom is -0.352 e. The van der Waals surface area contributed by atoms with Crippen molar-refractivity contribution < 1.29 is 18.0 Å². The fourth-order valence-electron chi connectivity index (χ4n) is 5.11. The molecule has 2 amide bonds. The van der Waals surface area contributed by atoms with E-state index in [0.717, 1.165) is 40.9 Å². The lowest BCUT2D eigenvalue weighted by atomic mass is 9.97. The highest BCUT2D eigenvalue weighted by Gasteiger charge is 2.33. The van der Waals surface area contributed by atoms with Crippen molar-refractivity contribution in [2.45, 2.75) is 57.9 Å². The van der Waals surface area contributed by atoms with E-state index in [4.69, 9.17) is 0 Å². The van der Waals surface area contributed by atoms with Crippen LogP contribution in [0.4, 0.5) is 5.69 Å². The molecule has 34 heavy (non-hydrogen) atoms. The van der Waals surface area contributed by atoms with Gasteiger partial charge in [-0.1, -0.05) is 29.8 Å². The molecule has 1 N–H and O–H groups in total. The van der Waals surface area contributed by atoms with Crippen LogP contribution < -0.4 is 10.2 Å². The van der Waals surface area contributed by atoms with Crippen LogP contribution in [0.25, 0.3) is 0 Å². The van der Waals surface area contributed by atoms with Crippen LogP contribution in [0.15, 0.2) is 41.3 Å². The summed E-state index contributed by atoms with van der Waals surface area (Å²) in [4.78, 5) is 26.8. The largest absolute Gasteiger partial charge is 0.352 e. The molecule has 0 bridgehead atoms. The van der Waals surface area contributed by atoms with E-state index in [1.165, 1.54) is 4.31 Å². The van der Waals surface area contributed by atoms with Crippen molar-refractivity contribution >= 4 is 27.5 Å². The predicted octanol–water partition coefficient (Wildman–Crippen LogP) is 3.46. The van der Waals surface area contributed by atoms with Crippen LogP contribution in [0.3, 0.4) is 0 Å². The maximum Gasteiger partial charge on any atom is 0.243 e. The summed E-state index contributed by atoms with van der Waals surface area (Å²) in [7, 11) is -3.59. The standard InChI is InChI=1S/C26H33N3O4S/c1-18-15-19(2)25(20(3)16-18)34(32,33)28-13-10-22(11-14-28)26(31)27-17-21-6-8-23(9-7-21)29-12-4-5-24(29)30/h6-9,15-16,22H,4-5,10-14,17H2,1-3H3,(H,27,31). The van der Waals surface area contributed by atoms with E-state index in [9.17, 15) is 18.0 Å². The molecular weight excluding hydrogens is 450 g/mol. The molecule has 0 atom stereocenters. The number of amides is 2.